The van der Waals surface area contributed by atoms with Gasteiger partial charge in [-0.25, -0.2) is 4.79 Å². The van der Waals surface area contributed by atoms with Crippen LogP contribution >= 0.6 is 11.8 Å². The van der Waals surface area contributed by atoms with Gasteiger partial charge < -0.3 is 14.6 Å². The van der Waals surface area contributed by atoms with E-state index >= 15 is 0 Å². The normalized spacial score (nSPS) is 16.2. The number of ether oxygens (including phenoxy) is 2. The van der Waals surface area contributed by atoms with Crippen LogP contribution in [0.4, 0.5) is 0 Å². The third-order valence-corrected chi connectivity index (χ3v) is 5.60. The van der Waals surface area contributed by atoms with Crippen LogP contribution in [0.5, 0.6) is 11.5 Å². The Morgan fingerprint density at radius 3 is 2.68 bits per heavy atom. The highest BCUT2D eigenvalue weighted by molar-refractivity contribution is 8.18. The molecule has 1 N–H and O–H groups in total. The lowest BCUT2D eigenvalue weighted by Gasteiger charge is -2.12. The van der Waals surface area contributed by atoms with Gasteiger partial charge in [0.15, 0.2) is 16.7 Å². The molecule has 8 heteroatoms. The highest BCUT2D eigenvalue weighted by Crippen LogP contribution is 2.34. The fourth-order valence-electron chi connectivity index (χ4n) is 3.04. The summed E-state index contributed by atoms with van der Waals surface area (Å²) in [5, 5.41) is 9.84. The van der Waals surface area contributed by atoms with E-state index in [0.29, 0.717) is 29.5 Å². The van der Waals surface area contributed by atoms with Crippen LogP contribution in [0.2, 0.25) is 0 Å². The number of hydrogen-bond donors (Lipinski definition) is 1. The summed E-state index contributed by atoms with van der Waals surface area (Å²) in [6, 6.07) is 12.0. The Hall–Kier alpha value is -3.26. The molecule has 3 rings (SSSR count). The second-order valence-electron chi connectivity index (χ2n) is 6.62. The summed E-state index contributed by atoms with van der Waals surface area (Å²) < 4.78 is 11.3. The zero-order chi connectivity index (χ0) is 22.4. The number of benzene rings is 2. The van der Waals surface area contributed by atoms with E-state index in [4.69, 9.17) is 14.6 Å². The summed E-state index contributed by atoms with van der Waals surface area (Å²) in [7, 11) is 1.55. The number of hydrogen-bond acceptors (Lipinski definition) is 6. The van der Waals surface area contributed by atoms with Crippen LogP contribution < -0.4 is 9.47 Å². The molecule has 0 spiro atoms. The molecule has 0 radical (unpaired) electrons. The van der Waals surface area contributed by atoms with E-state index in [1.54, 1.807) is 42.3 Å². The Balaban J connectivity index is 1.78. The molecule has 0 saturated carbocycles. The first-order valence-electron chi connectivity index (χ1n) is 9.85. The molecule has 1 heterocycles. The Labute approximate surface area is 185 Å². The lowest BCUT2D eigenvalue weighted by molar-refractivity contribution is -0.122. The third-order valence-electron chi connectivity index (χ3n) is 4.55. The van der Waals surface area contributed by atoms with Gasteiger partial charge in [0.2, 0.25) is 0 Å². The van der Waals surface area contributed by atoms with Gasteiger partial charge in [0.25, 0.3) is 5.91 Å². The minimum absolute atomic E-state index is 0.0581. The van der Waals surface area contributed by atoms with Gasteiger partial charge in [0.05, 0.1) is 17.6 Å². The average Bonchev–Trinajstić information content (AvgIpc) is 3.07. The van der Waals surface area contributed by atoms with Crippen LogP contribution in [-0.2, 0) is 11.4 Å². The van der Waals surface area contributed by atoms with Gasteiger partial charge in [-0.15, -0.1) is 0 Å². The number of amidine groups is 1. The Morgan fingerprint density at radius 2 is 2.00 bits per heavy atom. The average molecular weight is 441 g/mol. The van der Waals surface area contributed by atoms with E-state index in [9.17, 15) is 9.59 Å². The number of aliphatic imine (C=N–C) groups is 1. The van der Waals surface area contributed by atoms with Crippen LogP contribution in [0.1, 0.15) is 35.3 Å². The first-order valence-corrected chi connectivity index (χ1v) is 10.7. The number of nitrogens with zero attached hydrogens (tertiary/aromatic N) is 2. The lowest BCUT2D eigenvalue weighted by Crippen LogP contribution is -2.28. The summed E-state index contributed by atoms with van der Waals surface area (Å²) in [6.07, 6.45) is 1.82. The van der Waals surface area contributed by atoms with Gasteiger partial charge in [-0.05, 0) is 67.1 Å². The highest BCUT2D eigenvalue weighted by Gasteiger charge is 2.31. The summed E-state index contributed by atoms with van der Waals surface area (Å²) in [5.74, 6) is 0.00964. The van der Waals surface area contributed by atoms with E-state index in [0.717, 1.165) is 16.3 Å². The number of methoxy groups -OCH3 is 1. The zero-order valence-corrected chi connectivity index (χ0v) is 18.4. The minimum atomic E-state index is -0.982. The number of thioether (sulfide) groups is 1. The molecule has 0 unspecified atom stereocenters. The van der Waals surface area contributed by atoms with Crippen molar-refractivity contribution in [3.05, 3.63) is 64.1 Å². The summed E-state index contributed by atoms with van der Waals surface area (Å²) >= 11 is 1.37. The number of carbonyl (C=O) groups excluding carboxylic acids is 1. The summed E-state index contributed by atoms with van der Waals surface area (Å²) in [6.45, 7) is 5.26. The molecule has 1 aliphatic rings. The second kappa shape index (κ2) is 10.2. The van der Waals surface area contributed by atoms with E-state index in [-0.39, 0.29) is 18.1 Å². The van der Waals surface area contributed by atoms with Crippen molar-refractivity contribution >= 4 is 34.9 Å². The lowest BCUT2D eigenvalue weighted by atomic mass is 10.1. The van der Waals surface area contributed by atoms with Crippen molar-refractivity contribution in [2.24, 2.45) is 4.99 Å². The van der Waals surface area contributed by atoms with E-state index < -0.39 is 5.97 Å². The Morgan fingerprint density at radius 1 is 1.19 bits per heavy atom. The standard InChI is InChI=1S/C23H24N2O5S/c1-4-24-23-25(5-2)21(26)20(31-23)13-15-9-10-18(19(12-15)29-3)30-14-16-7-6-8-17(11-16)22(27)28/h6-13H,4-5,14H2,1-3H3,(H,27,28). The molecule has 162 valence electrons. The molecule has 1 aliphatic heterocycles. The van der Waals surface area contributed by atoms with Crippen molar-refractivity contribution in [3.8, 4) is 11.5 Å². The van der Waals surface area contributed by atoms with Crippen LogP contribution in [-0.4, -0.2) is 47.2 Å². The fraction of sp³-hybridized carbons (Fsp3) is 0.261. The Bertz CT molecular complexity index is 1050. The molecule has 0 aromatic heterocycles. The van der Waals surface area contributed by atoms with Crippen LogP contribution in [0, 0.1) is 0 Å². The zero-order valence-electron chi connectivity index (χ0n) is 17.6. The number of carboxylic acid groups (broad SMARTS) is 1. The first-order chi connectivity index (χ1) is 15.0. The van der Waals surface area contributed by atoms with Crippen molar-refractivity contribution in [1.82, 2.24) is 4.90 Å². The monoisotopic (exact) mass is 440 g/mol. The topological polar surface area (TPSA) is 88.4 Å². The fourth-order valence-corrected chi connectivity index (χ4v) is 4.14. The quantitative estimate of drug-likeness (QED) is 0.616. The van der Waals surface area contributed by atoms with E-state index in [2.05, 4.69) is 4.99 Å². The molecule has 2 aromatic carbocycles. The van der Waals surface area contributed by atoms with Gasteiger partial charge in [0.1, 0.15) is 6.61 Å². The molecule has 31 heavy (non-hydrogen) atoms. The number of likely N-dealkylation sites (N-methyl/N-ethyl adjacent to an activating group) is 1. The predicted molar refractivity (Wildman–Crippen MR) is 122 cm³/mol. The van der Waals surface area contributed by atoms with Gasteiger partial charge in [-0.3, -0.25) is 14.7 Å². The third kappa shape index (κ3) is 5.27. The molecule has 0 bridgehead atoms. The number of rotatable bonds is 8. The van der Waals surface area contributed by atoms with Crippen molar-refractivity contribution in [2.75, 3.05) is 20.2 Å². The molecule has 1 fully saturated rings. The predicted octanol–water partition coefficient (Wildman–Crippen LogP) is 4.28. The molecular weight excluding hydrogens is 416 g/mol. The van der Waals surface area contributed by atoms with Crippen LogP contribution in [0.15, 0.2) is 52.4 Å². The van der Waals surface area contributed by atoms with Gasteiger partial charge in [-0.2, -0.15) is 0 Å². The van der Waals surface area contributed by atoms with Crippen LogP contribution in [0.3, 0.4) is 0 Å². The molecule has 2 aromatic rings. The van der Waals surface area contributed by atoms with Crippen molar-refractivity contribution in [2.45, 2.75) is 20.5 Å². The van der Waals surface area contributed by atoms with Crippen LogP contribution in [0.25, 0.3) is 6.08 Å². The van der Waals surface area contributed by atoms with E-state index in [1.165, 1.54) is 17.8 Å². The number of carboxylic acids is 1. The van der Waals surface area contributed by atoms with Gasteiger partial charge >= 0.3 is 5.97 Å². The Kier molecular flexibility index (Phi) is 7.36. The molecule has 1 saturated heterocycles. The number of aromatic carboxylic acids is 1. The van der Waals surface area contributed by atoms with Gasteiger partial charge in [0, 0.05) is 13.1 Å². The second-order valence-corrected chi connectivity index (χ2v) is 7.63. The maximum Gasteiger partial charge on any atom is 0.335 e. The summed E-state index contributed by atoms with van der Waals surface area (Å²) in [5.41, 5.74) is 1.76. The molecule has 1 amide bonds. The number of amides is 1. The maximum atomic E-state index is 12.6. The van der Waals surface area contributed by atoms with Crippen molar-refractivity contribution in [1.29, 1.82) is 0 Å². The smallest absolute Gasteiger partial charge is 0.335 e. The highest BCUT2D eigenvalue weighted by atomic mass is 32.2. The van der Waals surface area contributed by atoms with E-state index in [1.807, 2.05) is 26.0 Å². The SMILES string of the molecule is CCN=C1SC(=Cc2ccc(OCc3cccc(C(=O)O)c3)c(OC)c2)C(=O)N1CC. The summed E-state index contributed by atoms with van der Waals surface area (Å²) in [4.78, 5) is 30.4. The molecule has 0 aliphatic carbocycles. The van der Waals surface area contributed by atoms with Crippen molar-refractivity contribution in [3.63, 3.8) is 0 Å². The minimum Gasteiger partial charge on any atom is -0.493 e. The largest absolute Gasteiger partial charge is 0.493 e. The number of carbonyl (C=O) groups is 2. The van der Waals surface area contributed by atoms with Crippen molar-refractivity contribution < 1.29 is 24.2 Å². The molecular formula is C23H24N2O5S. The van der Waals surface area contributed by atoms with Gasteiger partial charge in [-0.1, -0.05) is 18.2 Å². The first kappa shape index (κ1) is 22.4. The molecule has 0 atom stereocenters. The maximum absolute atomic E-state index is 12.6. The molecule has 7 nitrogen and oxygen atoms in total.